The van der Waals surface area contributed by atoms with Crippen LogP contribution in [0.5, 0.6) is 0 Å². The third kappa shape index (κ3) is 3.60. The van der Waals surface area contributed by atoms with E-state index >= 15 is 0 Å². The van der Waals surface area contributed by atoms with Crippen molar-refractivity contribution < 1.29 is 9.53 Å². The summed E-state index contributed by atoms with van der Waals surface area (Å²) in [4.78, 5) is 14.6. The van der Waals surface area contributed by atoms with E-state index in [-0.39, 0.29) is 12.1 Å². The Bertz CT molecular complexity index is 1000. The van der Waals surface area contributed by atoms with Crippen LogP contribution in [-0.4, -0.2) is 13.0 Å². The first-order valence-corrected chi connectivity index (χ1v) is 9.75. The number of carbonyl (C=O) groups is 1. The average molecular weight is 443 g/mol. The van der Waals surface area contributed by atoms with E-state index in [0.717, 1.165) is 38.4 Å². The maximum absolute atomic E-state index is 12.5. The van der Waals surface area contributed by atoms with Gasteiger partial charge in [0.05, 0.1) is 5.56 Å². The number of hydrogen-bond donors (Lipinski definition) is 0. The molecule has 5 heteroatoms. The summed E-state index contributed by atoms with van der Waals surface area (Å²) in [6.45, 7) is 0.721. The number of benzene rings is 3. The van der Waals surface area contributed by atoms with Gasteiger partial charge < -0.3 is 9.64 Å². The number of ether oxygens (including phenoxy) is 1. The predicted octanol–water partition coefficient (Wildman–Crippen LogP) is 6.00. The summed E-state index contributed by atoms with van der Waals surface area (Å²) in [6, 6.07) is 21.5. The van der Waals surface area contributed by atoms with E-state index in [1.54, 1.807) is 0 Å². The van der Waals surface area contributed by atoms with Crippen molar-refractivity contribution in [3.63, 3.8) is 0 Å². The third-order valence-electron chi connectivity index (χ3n) is 4.73. The highest BCUT2D eigenvalue weighted by atomic mass is 79.9. The van der Waals surface area contributed by atoms with Gasteiger partial charge in [0.1, 0.15) is 0 Å². The van der Waals surface area contributed by atoms with Crippen LogP contribution < -0.4 is 4.90 Å². The van der Waals surface area contributed by atoms with Crippen molar-refractivity contribution in [3.05, 3.63) is 98.5 Å². The van der Waals surface area contributed by atoms with Crippen molar-refractivity contribution in [3.8, 4) is 0 Å². The van der Waals surface area contributed by atoms with Crippen LogP contribution in [-0.2, 0) is 11.3 Å². The molecule has 1 heterocycles. The lowest BCUT2D eigenvalue weighted by Gasteiger charge is -2.20. The van der Waals surface area contributed by atoms with E-state index in [1.165, 1.54) is 0 Å². The maximum atomic E-state index is 12.5. The molecule has 0 amide bonds. The molecule has 3 aromatic carbocycles. The van der Waals surface area contributed by atoms with Crippen LogP contribution in [0.2, 0.25) is 5.02 Å². The minimum absolute atomic E-state index is 0.285. The molecule has 1 aliphatic rings. The van der Waals surface area contributed by atoms with Crippen LogP contribution in [0, 0.1) is 0 Å². The summed E-state index contributed by atoms with van der Waals surface area (Å²) in [6.07, 6.45) is -0.376. The number of hydrogen-bond acceptors (Lipinski definition) is 3. The number of fused-ring (bicyclic) bond motifs is 1. The van der Waals surface area contributed by atoms with Gasteiger partial charge in [0, 0.05) is 39.9 Å². The lowest BCUT2D eigenvalue weighted by Crippen LogP contribution is -2.16. The summed E-state index contributed by atoms with van der Waals surface area (Å²) in [5.41, 5.74) is 4.59. The molecule has 0 bridgehead atoms. The van der Waals surface area contributed by atoms with Gasteiger partial charge >= 0.3 is 5.97 Å². The van der Waals surface area contributed by atoms with Crippen molar-refractivity contribution in [1.82, 2.24) is 0 Å². The number of anilines is 1. The minimum Gasteiger partial charge on any atom is -0.449 e. The van der Waals surface area contributed by atoms with Gasteiger partial charge in [-0.1, -0.05) is 63.9 Å². The number of nitrogens with zero attached hydrogens (tertiary/aromatic N) is 1. The molecule has 27 heavy (non-hydrogen) atoms. The quantitative estimate of drug-likeness (QED) is 0.464. The third-order valence-corrected chi connectivity index (χ3v) is 5.70. The van der Waals surface area contributed by atoms with Crippen LogP contribution in [0.25, 0.3) is 0 Å². The maximum Gasteiger partial charge on any atom is 0.339 e. The molecule has 0 aromatic heterocycles. The Morgan fingerprint density at radius 1 is 1.04 bits per heavy atom. The van der Waals surface area contributed by atoms with Crippen LogP contribution in [0.4, 0.5) is 5.69 Å². The summed E-state index contributed by atoms with van der Waals surface area (Å²) in [5, 5.41) is 0.722. The highest BCUT2D eigenvalue weighted by molar-refractivity contribution is 9.10. The monoisotopic (exact) mass is 441 g/mol. The van der Waals surface area contributed by atoms with Gasteiger partial charge in [0.25, 0.3) is 0 Å². The Balaban J connectivity index is 1.62. The normalized spacial score (nSPS) is 15.4. The fourth-order valence-electron chi connectivity index (χ4n) is 3.29. The summed E-state index contributed by atoms with van der Waals surface area (Å²) >= 11 is 9.50. The van der Waals surface area contributed by atoms with Crippen molar-refractivity contribution >= 4 is 39.2 Å². The van der Waals surface area contributed by atoms with E-state index in [2.05, 4.69) is 20.8 Å². The number of halogens is 2. The van der Waals surface area contributed by atoms with E-state index < -0.39 is 0 Å². The molecular weight excluding hydrogens is 426 g/mol. The molecule has 0 radical (unpaired) electrons. The summed E-state index contributed by atoms with van der Waals surface area (Å²) in [5.74, 6) is -0.285. The molecule has 136 valence electrons. The number of cyclic esters (lactones) is 1. The van der Waals surface area contributed by atoms with E-state index in [1.807, 2.05) is 73.8 Å². The zero-order chi connectivity index (χ0) is 19.0. The van der Waals surface area contributed by atoms with Gasteiger partial charge in [-0.2, -0.15) is 0 Å². The fourth-order valence-corrected chi connectivity index (χ4v) is 3.91. The first-order chi connectivity index (χ1) is 13.0. The van der Waals surface area contributed by atoms with Gasteiger partial charge in [0.2, 0.25) is 0 Å². The molecule has 0 N–H and O–H groups in total. The molecule has 1 unspecified atom stereocenters. The molecule has 0 fully saturated rings. The highest BCUT2D eigenvalue weighted by Crippen LogP contribution is 2.40. The molecule has 0 saturated heterocycles. The lowest BCUT2D eigenvalue weighted by atomic mass is 9.98. The average Bonchev–Trinajstić information content (AvgIpc) is 3.00. The van der Waals surface area contributed by atoms with Crippen LogP contribution in [0.3, 0.4) is 0 Å². The number of rotatable bonds is 4. The smallest absolute Gasteiger partial charge is 0.339 e. The second kappa shape index (κ2) is 7.37. The molecule has 0 aliphatic carbocycles. The van der Waals surface area contributed by atoms with Crippen molar-refractivity contribution in [2.24, 2.45) is 0 Å². The summed E-state index contributed by atoms with van der Waals surface area (Å²) in [7, 11) is 2.00. The molecule has 0 saturated carbocycles. The molecule has 1 atom stereocenters. The van der Waals surface area contributed by atoms with Gasteiger partial charge in [-0.25, -0.2) is 4.79 Å². The van der Waals surface area contributed by atoms with Gasteiger partial charge in [-0.15, -0.1) is 0 Å². The van der Waals surface area contributed by atoms with Crippen molar-refractivity contribution in [1.29, 1.82) is 0 Å². The van der Waals surface area contributed by atoms with Crippen LogP contribution in [0.15, 0.2) is 71.2 Å². The molecule has 1 aliphatic heterocycles. The van der Waals surface area contributed by atoms with E-state index in [4.69, 9.17) is 16.3 Å². The fraction of sp³-hybridized carbons (Fsp3) is 0.136. The number of carbonyl (C=O) groups excluding carboxylic acids is 1. The van der Waals surface area contributed by atoms with E-state index in [9.17, 15) is 4.79 Å². The SMILES string of the molecule is CN(Cc1ccc(Cl)cc1)c1ccc2c(c1)C(=O)OC2c1ccccc1Br. The number of esters is 1. The Morgan fingerprint density at radius 2 is 1.78 bits per heavy atom. The molecule has 3 aromatic rings. The van der Waals surface area contributed by atoms with Crippen molar-refractivity contribution in [2.75, 3.05) is 11.9 Å². The highest BCUT2D eigenvalue weighted by Gasteiger charge is 2.33. The Kier molecular flexibility index (Phi) is 4.94. The molecule has 4 rings (SSSR count). The minimum atomic E-state index is -0.376. The Hall–Kier alpha value is -2.30. The van der Waals surface area contributed by atoms with Gasteiger partial charge in [-0.3, -0.25) is 0 Å². The molecule has 0 spiro atoms. The lowest BCUT2D eigenvalue weighted by molar-refractivity contribution is 0.0455. The Morgan fingerprint density at radius 3 is 2.52 bits per heavy atom. The summed E-state index contributed by atoms with van der Waals surface area (Å²) < 4.78 is 6.59. The standard InChI is InChI=1S/C22H17BrClNO2/c1-25(13-14-6-8-15(24)9-7-14)16-10-11-17-19(12-16)22(26)27-21(17)18-4-2-3-5-20(18)23/h2-12,21H,13H2,1H3. The van der Waals surface area contributed by atoms with Crippen molar-refractivity contribution in [2.45, 2.75) is 12.6 Å². The van der Waals surface area contributed by atoms with Gasteiger partial charge in [-0.05, 0) is 35.9 Å². The Labute approximate surface area is 171 Å². The first kappa shape index (κ1) is 18.1. The zero-order valence-corrected chi connectivity index (χ0v) is 17.0. The van der Waals surface area contributed by atoms with E-state index in [0.29, 0.717) is 5.56 Å². The second-order valence-corrected chi connectivity index (χ2v) is 7.85. The van der Waals surface area contributed by atoms with Crippen LogP contribution >= 0.6 is 27.5 Å². The van der Waals surface area contributed by atoms with Gasteiger partial charge in [0.15, 0.2) is 6.10 Å². The zero-order valence-electron chi connectivity index (χ0n) is 14.7. The van der Waals surface area contributed by atoms with Crippen LogP contribution in [0.1, 0.15) is 33.2 Å². The molecular formula is C22H17BrClNO2. The largest absolute Gasteiger partial charge is 0.449 e. The predicted molar refractivity (Wildman–Crippen MR) is 111 cm³/mol. The second-order valence-electron chi connectivity index (χ2n) is 6.56. The topological polar surface area (TPSA) is 29.5 Å². The first-order valence-electron chi connectivity index (χ1n) is 8.58. The molecule has 3 nitrogen and oxygen atoms in total.